The van der Waals surface area contributed by atoms with Crippen LogP contribution in [0.1, 0.15) is 78.3 Å². The minimum Gasteiger partial charge on any atom is -0.371 e. The van der Waals surface area contributed by atoms with Crippen LogP contribution in [0, 0.1) is 0 Å². The van der Waals surface area contributed by atoms with E-state index in [1.54, 1.807) is 28.0 Å². The lowest BCUT2D eigenvalue weighted by Crippen LogP contribution is -2.34. The smallest absolute Gasteiger partial charge is 0.0575 e. The molecule has 6 aliphatic heterocycles. The van der Waals surface area contributed by atoms with Gasteiger partial charge in [-0.25, -0.2) is 0 Å². The summed E-state index contributed by atoms with van der Waals surface area (Å²) in [6, 6.07) is 12.0. The number of aryl methyl sites for hydroxylation is 2. The van der Waals surface area contributed by atoms with Crippen LogP contribution in [0.5, 0.6) is 0 Å². The van der Waals surface area contributed by atoms with Gasteiger partial charge in [-0.2, -0.15) is 0 Å². The molecule has 0 radical (unpaired) electrons. The monoisotopic (exact) mass is 563 g/mol. The van der Waals surface area contributed by atoms with Crippen molar-refractivity contribution >= 4 is 29.6 Å². The Bertz CT molecular complexity index is 1710. The molecular formula is C40H41N3. The van der Waals surface area contributed by atoms with E-state index in [9.17, 15) is 0 Å². The second-order valence-corrected chi connectivity index (χ2v) is 13.3. The number of nitrogens with zero attached hydrogens (tertiary/aromatic N) is 3. The summed E-state index contributed by atoms with van der Waals surface area (Å²) in [5.74, 6) is 0. The summed E-state index contributed by atoms with van der Waals surface area (Å²) in [6.07, 6.45) is 30.1. The molecule has 0 N–H and O–H groups in total. The highest BCUT2D eigenvalue weighted by molar-refractivity contribution is 5.88. The number of hydrogen-bond acceptors (Lipinski definition) is 3. The van der Waals surface area contributed by atoms with Gasteiger partial charge < -0.3 is 14.7 Å². The van der Waals surface area contributed by atoms with Crippen molar-refractivity contribution in [2.75, 3.05) is 37.6 Å². The molecule has 0 aromatic heterocycles. The molecule has 0 saturated heterocycles. The molecule has 3 heteroatoms. The van der Waals surface area contributed by atoms with Gasteiger partial charge in [-0.05, 0) is 115 Å². The Morgan fingerprint density at radius 2 is 1.49 bits per heavy atom. The maximum absolute atomic E-state index is 2.68. The Hall–Kier alpha value is -3.98. The first-order chi connectivity index (χ1) is 21.3. The van der Waals surface area contributed by atoms with Gasteiger partial charge in [0.05, 0.1) is 5.70 Å². The number of fused-ring (bicyclic) bond motifs is 7. The second kappa shape index (κ2) is 10.3. The van der Waals surface area contributed by atoms with Crippen molar-refractivity contribution in [3.63, 3.8) is 0 Å². The lowest BCUT2D eigenvalue weighted by molar-refractivity contribution is 0.331. The zero-order valence-electron chi connectivity index (χ0n) is 25.2. The molecule has 7 aliphatic rings. The summed E-state index contributed by atoms with van der Waals surface area (Å²) >= 11 is 0. The van der Waals surface area contributed by atoms with Crippen molar-refractivity contribution < 1.29 is 0 Å². The molecular weight excluding hydrogens is 522 g/mol. The Labute approximate surface area is 256 Å². The number of hydrogen-bond donors (Lipinski definition) is 0. The van der Waals surface area contributed by atoms with Crippen LogP contribution in [0.4, 0.5) is 5.69 Å². The van der Waals surface area contributed by atoms with Crippen molar-refractivity contribution in [2.45, 2.75) is 57.8 Å². The summed E-state index contributed by atoms with van der Waals surface area (Å²) in [4.78, 5) is 7.80. The minimum absolute atomic E-state index is 0.914. The highest BCUT2D eigenvalue weighted by Gasteiger charge is 2.34. The molecule has 216 valence electrons. The van der Waals surface area contributed by atoms with E-state index in [4.69, 9.17) is 0 Å². The largest absolute Gasteiger partial charge is 0.371 e. The van der Waals surface area contributed by atoms with Gasteiger partial charge in [-0.15, -0.1) is 0 Å². The topological polar surface area (TPSA) is 9.72 Å². The predicted molar refractivity (Wildman–Crippen MR) is 180 cm³/mol. The van der Waals surface area contributed by atoms with Crippen molar-refractivity contribution in [1.82, 2.24) is 9.80 Å². The van der Waals surface area contributed by atoms with Gasteiger partial charge in [-0.3, -0.25) is 0 Å². The summed E-state index contributed by atoms with van der Waals surface area (Å²) in [5.41, 5.74) is 18.9. The van der Waals surface area contributed by atoms with Crippen molar-refractivity contribution in [3.05, 3.63) is 122 Å². The maximum atomic E-state index is 2.68. The molecule has 0 unspecified atom stereocenters. The van der Waals surface area contributed by atoms with E-state index >= 15 is 0 Å². The Kier molecular flexibility index (Phi) is 6.13. The van der Waals surface area contributed by atoms with Crippen molar-refractivity contribution in [3.8, 4) is 0 Å². The normalized spacial score (nSPS) is 22.2. The van der Waals surface area contributed by atoms with E-state index in [1.807, 2.05) is 0 Å². The van der Waals surface area contributed by atoms with Crippen LogP contribution in [0.3, 0.4) is 0 Å². The zero-order valence-corrected chi connectivity index (χ0v) is 25.2. The summed E-state index contributed by atoms with van der Waals surface area (Å²) in [7, 11) is 0. The predicted octanol–water partition coefficient (Wildman–Crippen LogP) is 8.52. The van der Waals surface area contributed by atoms with Crippen LogP contribution in [0.25, 0.3) is 23.9 Å². The van der Waals surface area contributed by atoms with Gasteiger partial charge in [0.1, 0.15) is 0 Å². The van der Waals surface area contributed by atoms with Crippen LogP contribution in [-0.2, 0) is 12.8 Å². The molecule has 9 rings (SSSR count). The molecule has 0 spiro atoms. The van der Waals surface area contributed by atoms with Crippen molar-refractivity contribution in [2.24, 2.45) is 0 Å². The standard InChI is InChI=1S/C40H41N3/c1-2-19-41-20-3-7-30-15-16-31-8-4-23-43-24-18-32-25-28(14-17-35(32)40(43)38(31)37(30)36(41)11-1)12-13-29-26-33-9-5-21-42-22-6-10-34(27-29)39(33)42/h4,8,11-14,16-18,24-27H,1-3,5-7,9-10,15,19-23H2/b13-12+. The molecule has 3 nitrogen and oxygen atoms in total. The SMILES string of the molecule is C1=CC2=CCC3=C(C4=CCCCN4CCC3)C2=C2c3ccc(/C=C/c4cc5c6c(c4)CCCN6CCC5)cc3C=CN2C1. The molecule has 1 aliphatic carbocycles. The van der Waals surface area contributed by atoms with Gasteiger partial charge in [0.25, 0.3) is 0 Å². The Balaban J connectivity index is 1.12. The fraction of sp³-hybridized carbons (Fsp3) is 0.350. The number of allylic oxidation sites excluding steroid dienone is 6. The van der Waals surface area contributed by atoms with E-state index in [1.165, 1.54) is 122 Å². The van der Waals surface area contributed by atoms with Gasteiger partial charge in [-0.1, -0.05) is 54.2 Å². The molecule has 6 heterocycles. The lowest BCUT2D eigenvalue weighted by atomic mass is 9.80. The first kappa shape index (κ1) is 25.5. The molecule has 0 atom stereocenters. The van der Waals surface area contributed by atoms with Crippen LogP contribution in [0.2, 0.25) is 0 Å². The van der Waals surface area contributed by atoms with E-state index in [-0.39, 0.29) is 0 Å². The molecule has 0 bridgehead atoms. The van der Waals surface area contributed by atoms with Crippen LogP contribution in [0.15, 0.2) is 88.8 Å². The van der Waals surface area contributed by atoms with Gasteiger partial charge in [0.15, 0.2) is 0 Å². The maximum Gasteiger partial charge on any atom is 0.0575 e. The second-order valence-electron chi connectivity index (χ2n) is 13.3. The highest BCUT2D eigenvalue weighted by atomic mass is 15.2. The first-order valence-corrected chi connectivity index (χ1v) is 16.8. The summed E-state index contributed by atoms with van der Waals surface area (Å²) < 4.78 is 0. The van der Waals surface area contributed by atoms with Crippen LogP contribution < -0.4 is 4.90 Å². The summed E-state index contributed by atoms with van der Waals surface area (Å²) in [5, 5.41) is 0. The zero-order chi connectivity index (χ0) is 28.3. The quantitative estimate of drug-likeness (QED) is 0.339. The number of benzene rings is 2. The third kappa shape index (κ3) is 4.31. The summed E-state index contributed by atoms with van der Waals surface area (Å²) in [6.45, 7) is 5.76. The third-order valence-electron chi connectivity index (χ3n) is 10.6. The fourth-order valence-corrected chi connectivity index (χ4v) is 8.73. The Morgan fingerprint density at radius 3 is 2.37 bits per heavy atom. The molecule has 2 aromatic rings. The molecule has 43 heavy (non-hydrogen) atoms. The average molecular weight is 564 g/mol. The Morgan fingerprint density at radius 1 is 0.698 bits per heavy atom. The first-order valence-electron chi connectivity index (χ1n) is 16.8. The van der Waals surface area contributed by atoms with E-state index in [0.717, 1.165) is 13.0 Å². The molecule has 0 amide bonds. The molecule has 0 saturated carbocycles. The van der Waals surface area contributed by atoms with Crippen LogP contribution in [-0.4, -0.2) is 42.5 Å². The number of rotatable bonds is 2. The van der Waals surface area contributed by atoms with Crippen LogP contribution >= 0.6 is 0 Å². The van der Waals surface area contributed by atoms with E-state index in [0.29, 0.717) is 0 Å². The third-order valence-corrected chi connectivity index (χ3v) is 10.6. The fourth-order valence-electron chi connectivity index (χ4n) is 8.73. The van der Waals surface area contributed by atoms with Crippen molar-refractivity contribution in [1.29, 1.82) is 0 Å². The van der Waals surface area contributed by atoms with Gasteiger partial charge >= 0.3 is 0 Å². The number of anilines is 1. The molecule has 0 fully saturated rings. The highest BCUT2D eigenvalue weighted by Crippen LogP contribution is 2.48. The molecule has 2 aromatic carbocycles. The van der Waals surface area contributed by atoms with E-state index < -0.39 is 0 Å². The van der Waals surface area contributed by atoms with Gasteiger partial charge in [0.2, 0.25) is 0 Å². The average Bonchev–Trinajstić information content (AvgIpc) is 3.36. The van der Waals surface area contributed by atoms with Gasteiger partial charge in [0, 0.05) is 67.0 Å². The lowest BCUT2D eigenvalue weighted by Gasteiger charge is -2.37. The minimum atomic E-state index is 0.914. The van der Waals surface area contributed by atoms with E-state index in [2.05, 4.69) is 93.8 Å².